The third kappa shape index (κ3) is 3.86. The Morgan fingerprint density at radius 1 is 1.39 bits per heavy atom. The molecular weight excluding hydrogens is 282 g/mol. The number of fused-ring (bicyclic) bond motifs is 1. The van der Waals surface area contributed by atoms with Gasteiger partial charge in [0.1, 0.15) is 0 Å². The van der Waals surface area contributed by atoms with E-state index < -0.39 is 0 Å². The Bertz CT molecular complexity index is 806. The summed E-state index contributed by atoms with van der Waals surface area (Å²) in [7, 11) is 0. The van der Waals surface area contributed by atoms with Crippen molar-refractivity contribution in [1.29, 1.82) is 0 Å². The summed E-state index contributed by atoms with van der Waals surface area (Å²) in [6.07, 6.45) is 6.81. The minimum absolute atomic E-state index is 0.705. The maximum absolute atomic E-state index is 4.64. The maximum Gasteiger partial charge on any atom is 0.153 e. The first-order chi connectivity index (χ1) is 11.0. The number of aromatic nitrogens is 2. The number of rotatable bonds is 5. The fourth-order valence-electron chi connectivity index (χ4n) is 2.86. The molecule has 3 heteroatoms. The summed E-state index contributed by atoms with van der Waals surface area (Å²) < 4.78 is 2.23. The van der Waals surface area contributed by atoms with Crippen LogP contribution in [0.4, 0.5) is 0 Å². The first-order valence-corrected chi connectivity index (χ1v) is 7.95. The average molecular weight is 307 g/mol. The van der Waals surface area contributed by atoms with Crippen molar-refractivity contribution < 1.29 is 0 Å². The van der Waals surface area contributed by atoms with Crippen LogP contribution in [-0.2, 0) is 6.54 Å². The van der Waals surface area contributed by atoms with Gasteiger partial charge in [0.15, 0.2) is 5.49 Å². The van der Waals surface area contributed by atoms with Gasteiger partial charge in [-0.3, -0.25) is 0 Å². The molecule has 0 aromatic carbocycles. The zero-order chi connectivity index (χ0) is 17.0. The van der Waals surface area contributed by atoms with Crippen LogP contribution in [0.15, 0.2) is 59.9 Å². The third-order valence-electron chi connectivity index (χ3n) is 3.92. The lowest BCUT2D eigenvalue weighted by molar-refractivity contribution is 0.727. The monoisotopic (exact) mass is 307 g/mol. The number of hydrogen-bond donors (Lipinski definition) is 0. The molecule has 0 radical (unpaired) electrons. The minimum atomic E-state index is 0.705. The van der Waals surface area contributed by atoms with E-state index in [4.69, 9.17) is 0 Å². The van der Waals surface area contributed by atoms with Crippen molar-refractivity contribution in [1.82, 2.24) is 9.55 Å². The summed E-state index contributed by atoms with van der Waals surface area (Å²) in [4.78, 5) is 9.18. The first-order valence-electron chi connectivity index (χ1n) is 7.95. The van der Waals surface area contributed by atoms with Gasteiger partial charge in [-0.25, -0.2) is 9.98 Å². The van der Waals surface area contributed by atoms with Crippen LogP contribution >= 0.6 is 0 Å². The normalized spacial score (nSPS) is 12.7. The van der Waals surface area contributed by atoms with Crippen LogP contribution in [-0.4, -0.2) is 9.55 Å². The van der Waals surface area contributed by atoms with Gasteiger partial charge in [-0.15, -0.1) is 6.58 Å². The molecule has 2 aliphatic rings. The number of pyridine rings is 2. The summed E-state index contributed by atoms with van der Waals surface area (Å²) >= 11 is 0. The van der Waals surface area contributed by atoms with Crippen molar-refractivity contribution in [3.8, 4) is 11.1 Å². The van der Waals surface area contributed by atoms with E-state index in [9.17, 15) is 0 Å². The highest BCUT2D eigenvalue weighted by molar-refractivity contribution is 5.68. The zero-order valence-electron chi connectivity index (χ0n) is 14.6. The number of hydrogen-bond acceptors (Lipinski definition) is 2. The topological polar surface area (TPSA) is 30.2 Å². The molecule has 2 rings (SSSR count). The van der Waals surface area contributed by atoms with Gasteiger partial charge in [0.2, 0.25) is 0 Å². The molecule has 0 aromatic rings. The summed E-state index contributed by atoms with van der Waals surface area (Å²) in [5.41, 5.74) is 7.22. The van der Waals surface area contributed by atoms with Gasteiger partial charge in [0, 0.05) is 29.7 Å². The Morgan fingerprint density at radius 3 is 2.78 bits per heavy atom. The molecule has 2 aliphatic heterocycles. The average Bonchev–Trinajstić information content (AvgIpc) is 2.47. The first kappa shape index (κ1) is 16.9. The Kier molecular flexibility index (Phi) is 5.32. The van der Waals surface area contributed by atoms with Crippen molar-refractivity contribution in [2.24, 2.45) is 4.99 Å². The van der Waals surface area contributed by atoms with Gasteiger partial charge in [0.25, 0.3) is 0 Å². The molecule has 0 aromatic heterocycles. The van der Waals surface area contributed by atoms with Crippen LogP contribution in [0.1, 0.15) is 31.7 Å². The van der Waals surface area contributed by atoms with Gasteiger partial charge in [-0.05, 0) is 57.9 Å². The van der Waals surface area contributed by atoms with Gasteiger partial charge < -0.3 is 4.57 Å². The Morgan fingerprint density at radius 2 is 2.13 bits per heavy atom. The van der Waals surface area contributed by atoms with Gasteiger partial charge >= 0.3 is 0 Å². The molecule has 120 valence electrons. The van der Waals surface area contributed by atoms with E-state index in [1.807, 2.05) is 32.1 Å². The lowest BCUT2D eigenvalue weighted by Crippen LogP contribution is -2.14. The van der Waals surface area contributed by atoms with Gasteiger partial charge in [0.05, 0.1) is 5.70 Å². The molecule has 3 nitrogen and oxygen atoms in total. The highest BCUT2D eigenvalue weighted by atomic mass is 15.0. The van der Waals surface area contributed by atoms with Crippen LogP contribution < -0.4 is 5.49 Å². The summed E-state index contributed by atoms with van der Waals surface area (Å²) in [5.74, 6) is 0. The van der Waals surface area contributed by atoms with E-state index in [1.165, 1.54) is 16.8 Å². The zero-order valence-corrected chi connectivity index (χ0v) is 14.6. The lowest BCUT2D eigenvalue weighted by Gasteiger charge is -2.17. The van der Waals surface area contributed by atoms with Crippen molar-refractivity contribution in [2.45, 2.75) is 40.7 Å². The molecule has 0 saturated heterocycles. The molecule has 0 fully saturated rings. The number of aryl methyl sites for hydroxylation is 2. The van der Waals surface area contributed by atoms with Gasteiger partial charge in [-0.1, -0.05) is 18.2 Å². The summed E-state index contributed by atoms with van der Waals surface area (Å²) in [5, 5.41) is 0. The predicted molar refractivity (Wildman–Crippen MR) is 97.3 cm³/mol. The lowest BCUT2D eigenvalue weighted by atomic mass is 10.0. The molecule has 23 heavy (non-hydrogen) atoms. The third-order valence-corrected chi connectivity index (χ3v) is 3.92. The Hall–Kier alpha value is -2.42. The number of nitrogens with zero attached hydrogens (tertiary/aromatic N) is 3. The van der Waals surface area contributed by atoms with Crippen LogP contribution in [0.2, 0.25) is 0 Å². The molecular formula is C20H25N3. The van der Waals surface area contributed by atoms with Crippen LogP contribution in [0.5, 0.6) is 0 Å². The van der Waals surface area contributed by atoms with Crippen molar-refractivity contribution in [3.05, 3.63) is 71.8 Å². The number of allylic oxidation sites excluding steroid dienone is 3. The van der Waals surface area contributed by atoms with E-state index >= 15 is 0 Å². The van der Waals surface area contributed by atoms with Gasteiger partial charge in [-0.2, -0.15) is 0 Å². The fraction of sp³-hybridized carbons (Fsp3) is 0.300. The minimum Gasteiger partial charge on any atom is -0.351 e. The summed E-state index contributed by atoms with van der Waals surface area (Å²) in [6.45, 7) is 17.1. The Balaban J connectivity index is 2.51. The van der Waals surface area contributed by atoms with E-state index in [1.54, 1.807) is 0 Å². The van der Waals surface area contributed by atoms with Crippen molar-refractivity contribution in [3.63, 3.8) is 0 Å². The highest BCUT2D eigenvalue weighted by Crippen LogP contribution is 2.26. The predicted octanol–water partition coefficient (Wildman–Crippen LogP) is 4.56. The molecule has 0 aliphatic carbocycles. The molecule has 0 saturated carbocycles. The fourth-order valence-corrected chi connectivity index (χ4v) is 2.86. The molecule has 0 atom stereocenters. The highest BCUT2D eigenvalue weighted by Gasteiger charge is 2.11. The second-order valence-electron chi connectivity index (χ2n) is 5.80. The van der Waals surface area contributed by atoms with E-state index in [2.05, 4.69) is 53.8 Å². The largest absolute Gasteiger partial charge is 0.351 e. The summed E-state index contributed by atoms with van der Waals surface area (Å²) in [6, 6.07) is 4.15. The molecule has 0 bridgehead atoms. The van der Waals surface area contributed by atoms with E-state index in [0.29, 0.717) is 11.2 Å². The van der Waals surface area contributed by atoms with E-state index in [-0.39, 0.29) is 0 Å². The standard InChI is InChI=1S/C20H25N3/c1-7-9-14(3)12-15(4)21-19-13-18-10-11-23(8-2)17(6)20(18)16(5)22-19/h7,10-13H,1,4,8-9H2,2-3,5-6H3/b14-12-,21-19?. The molecule has 0 amide bonds. The molecule has 0 unspecified atom stereocenters. The SMILES string of the molecule is C=CC/C(C)=C\C(=C)N=c1cc2ccn(CC)c(C)c-2c(C)n1. The van der Waals surface area contributed by atoms with Crippen LogP contribution in [0.3, 0.4) is 0 Å². The molecule has 0 N–H and O–H groups in total. The smallest absolute Gasteiger partial charge is 0.153 e. The molecule has 2 heterocycles. The maximum atomic E-state index is 4.64. The van der Waals surface area contributed by atoms with Crippen LogP contribution in [0, 0.1) is 13.8 Å². The molecule has 0 spiro atoms. The Labute approximate surface area is 138 Å². The van der Waals surface area contributed by atoms with Crippen molar-refractivity contribution >= 4 is 0 Å². The second-order valence-corrected chi connectivity index (χ2v) is 5.80. The van der Waals surface area contributed by atoms with Crippen molar-refractivity contribution in [2.75, 3.05) is 0 Å². The van der Waals surface area contributed by atoms with Crippen LogP contribution in [0.25, 0.3) is 11.1 Å². The van der Waals surface area contributed by atoms with E-state index in [0.717, 1.165) is 24.2 Å². The second kappa shape index (κ2) is 7.23. The quantitative estimate of drug-likeness (QED) is 0.588.